The zero-order valence-corrected chi connectivity index (χ0v) is 37.7. The number of rotatable bonds is 6. The number of furan rings is 1. The van der Waals surface area contributed by atoms with Gasteiger partial charge in [-0.1, -0.05) is 224 Å². The summed E-state index contributed by atoms with van der Waals surface area (Å²) in [5.74, 6) is 0. The van der Waals surface area contributed by atoms with Gasteiger partial charge in [0.25, 0.3) is 0 Å². The summed E-state index contributed by atoms with van der Waals surface area (Å²) in [5.41, 5.74) is 16.5. The van der Waals surface area contributed by atoms with Crippen molar-refractivity contribution in [3.05, 3.63) is 255 Å². The largest absolute Gasteiger partial charge is 0.456 e. The smallest absolute Gasteiger partial charge is 0.136 e. The van der Waals surface area contributed by atoms with Crippen molar-refractivity contribution in [1.82, 2.24) is 0 Å². The average Bonchev–Trinajstić information content (AvgIpc) is 3.81. The standard InChI is InChI=1S/C68H42O/c1-2-16-45(17-3-1)64-52-20-4-6-22-54(52)65(55-23-7-5-21-53(55)64)46-36-32-43(33-37-46)48-38-34-44-35-39-49(42-51(44)41-48)47-18-14-19-50(40-47)66-56-24-8-10-26-58(56)67(59-27-11-9-25-57(59)66)61-29-15-31-63-68(61)60-28-12-13-30-62(60)69-63/h1-42H. The predicted octanol–water partition coefficient (Wildman–Crippen LogP) is 19.4. The Kier molecular flexibility index (Phi) is 8.97. The van der Waals surface area contributed by atoms with Gasteiger partial charge in [0.05, 0.1) is 0 Å². The molecule has 0 aliphatic heterocycles. The van der Waals surface area contributed by atoms with Gasteiger partial charge in [-0.3, -0.25) is 0 Å². The molecule has 0 atom stereocenters. The Hall–Kier alpha value is -9.04. The second-order valence-electron chi connectivity index (χ2n) is 18.3. The molecule has 1 aromatic heterocycles. The zero-order chi connectivity index (χ0) is 45.4. The molecule has 320 valence electrons. The molecule has 0 N–H and O–H groups in total. The Morgan fingerprint density at radius 1 is 0.203 bits per heavy atom. The fourth-order valence-corrected chi connectivity index (χ4v) is 11.4. The Labute approximate surface area is 399 Å². The summed E-state index contributed by atoms with van der Waals surface area (Å²) in [6.07, 6.45) is 0. The topological polar surface area (TPSA) is 13.1 Å². The van der Waals surface area contributed by atoms with Crippen LogP contribution in [0.2, 0.25) is 0 Å². The number of benzene rings is 13. The van der Waals surface area contributed by atoms with Crippen LogP contribution in [0.3, 0.4) is 0 Å². The van der Waals surface area contributed by atoms with Crippen molar-refractivity contribution in [3.8, 4) is 66.8 Å². The minimum Gasteiger partial charge on any atom is -0.456 e. The predicted molar refractivity (Wildman–Crippen MR) is 294 cm³/mol. The van der Waals surface area contributed by atoms with Crippen molar-refractivity contribution in [2.45, 2.75) is 0 Å². The summed E-state index contributed by atoms with van der Waals surface area (Å²) in [6.45, 7) is 0. The van der Waals surface area contributed by atoms with Crippen LogP contribution >= 0.6 is 0 Å². The van der Waals surface area contributed by atoms with E-state index in [0.717, 1.165) is 21.9 Å². The molecule has 0 saturated carbocycles. The Balaban J connectivity index is 0.852. The van der Waals surface area contributed by atoms with Gasteiger partial charge in [-0.2, -0.15) is 0 Å². The van der Waals surface area contributed by atoms with Crippen LogP contribution in [0.15, 0.2) is 259 Å². The molecular formula is C68H42O. The lowest BCUT2D eigenvalue weighted by Crippen LogP contribution is -1.91. The van der Waals surface area contributed by atoms with E-state index in [-0.39, 0.29) is 0 Å². The van der Waals surface area contributed by atoms with Gasteiger partial charge in [0.1, 0.15) is 11.2 Å². The molecule has 0 radical (unpaired) electrons. The van der Waals surface area contributed by atoms with Gasteiger partial charge in [0.2, 0.25) is 0 Å². The van der Waals surface area contributed by atoms with Gasteiger partial charge >= 0.3 is 0 Å². The number of hydrogen-bond donors (Lipinski definition) is 0. The van der Waals surface area contributed by atoms with Crippen molar-refractivity contribution >= 4 is 75.8 Å². The molecule has 0 amide bonds. The number of hydrogen-bond acceptors (Lipinski definition) is 1. The highest BCUT2D eigenvalue weighted by molar-refractivity contribution is 6.26. The van der Waals surface area contributed by atoms with E-state index in [0.29, 0.717) is 0 Å². The highest BCUT2D eigenvalue weighted by Crippen LogP contribution is 2.48. The third-order valence-electron chi connectivity index (χ3n) is 14.4. The molecule has 0 bridgehead atoms. The van der Waals surface area contributed by atoms with E-state index < -0.39 is 0 Å². The number of fused-ring (bicyclic) bond motifs is 8. The van der Waals surface area contributed by atoms with Gasteiger partial charge in [-0.15, -0.1) is 0 Å². The zero-order valence-electron chi connectivity index (χ0n) is 37.7. The van der Waals surface area contributed by atoms with Crippen molar-refractivity contribution in [2.24, 2.45) is 0 Å². The Morgan fingerprint density at radius 2 is 0.580 bits per heavy atom. The van der Waals surface area contributed by atoms with E-state index in [1.54, 1.807) is 0 Å². The molecule has 0 saturated heterocycles. The molecule has 1 heteroatoms. The van der Waals surface area contributed by atoms with E-state index in [2.05, 4.69) is 249 Å². The summed E-state index contributed by atoms with van der Waals surface area (Å²) in [4.78, 5) is 0. The van der Waals surface area contributed by atoms with Crippen LogP contribution in [0.4, 0.5) is 0 Å². The summed E-state index contributed by atoms with van der Waals surface area (Å²) in [7, 11) is 0. The van der Waals surface area contributed by atoms with E-state index in [1.165, 1.54) is 121 Å². The van der Waals surface area contributed by atoms with E-state index in [4.69, 9.17) is 4.42 Å². The quantitative estimate of drug-likeness (QED) is 0.152. The van der Waals surface area contributed by atoms with Crippen LogP contribution in [-0.4, -0.2) is 0 Å². The maximum absolute atomic E-state index is 6.40. The average molecular weight is 875 g/mol. The first kappa shape index (κ1) is 39.2. The monoisotopic (exact) mass is 874 g/mol. The fourth-order valence-electron chi connectivity index (χ4n) is 11.4. The highest BCUT2D eigenvalue weighted by Gasteiger charge is 2.21. The summed E-state index contributed by atoms with van der Waals surface area (Å²) < 4.78 is 6.40. The highest BCUT2D eigenvalue weighted by atomic mass is 16.3. The minimum absolute atomic E-state index is 0.905. The van der Waals surface area contributed by atoms with Gasteiger partial charge in [-0.05, 0) is 151 Å². The molecule has 0 unspecified atom stereocenters. The molecule has 0 aliphatic carbocycles. The molecule has 1 nitrogen and oxygen atoms in total. The molecule has 14 aromatic rings. The third kappa shape index (κ3) is 6.32. The third-order valence-corrected chi connectivity index (χ3v) is 14.4. The van der Waals surface area contributed by atoms with Crippen molar-refractivity contribution in [2.75, 3.05) is 0 Å². The van der Waals surface area contributed by atoms with Crippen LogP contribution in [-0.2, 0) is 0 Å². The first-order valence-corrected chi connectivity index (χ1v) is 23.8. The summed E-state index contributed by atoms with van der Waals surface area (Å²) in [6, 6.07) is 93.3. The first-order valence-electron chi connectivity index (χ1n) is 23.8. The summed E-state index contributed by atoms with van der Waals surface area (Å²) in [5, 5.41) is 14.7. The van der Waals surface area contributed by atoms with Gasteiger partial charge < -0.3 is 4.42 Å². The van der Waals surface area contributed by atoms with Crippen molar-refractivity contribution < 1.29 is 4.42 Å². The van der Waals surface area contributed by atoms with Crippen molar-refractivity contribution in [1.29, 1.82) is 0 Å². The molecule has 0 fully saturated rings. The van der Waals surface area contributed by atoms with Gasteiger partial charge in [0, 0.05) is 10.8 Å². The normalized spacial score (nSPS) is 11.8. The molecule has 0 spiro atoms. The van der Waals surface area contributed by atoms with Crippen LogP contribution in [0.25, 0.3) is 143 Å². The molecule has 69 heavy (non-hydrogen) atoms. The first-order chi connectivity index (χ1) is 34.2. The van der Waals surface area contributed by atoms with Crippen LogP contribution in [0.5, 0.6) is 0 Å². The lowest BCUT2D eigenvalue weighted by molar-refractivity contribution is 0.669. The molecule has 14 rings (SSSR count). The maximum Gasteiger partial charge on any atom is 0.136 e. The summed E-state index contributed by atoms with van der Waals surface area (Å²) >= 11 is 0. The number of para-hydroxylation sites is 1. The second-order valence-corrected chi connectivity index (χ2v) is 18.3. The lowest BCUT2D eigenvalue weighted by Gasteiger charge is -2.18. The second kappa shape index (κ2) is 15.8. The molecule has 1 heterocycles. The van der Waals surface area contributed by atoms with Crippen LogP contribution in [0, 0.1) is 0 Å². The lowest BCUT2D eigenvalue weighted by atomic mass is 9.84. The molecule has 13 aromatic carbocycles. The van der Waals surface area contributed by atoms with Crippen molar-refractivity contribution in [3.63, 3.8) is 0 Å². The minimum atomic E-state index is 0.905. The molecule has 0 aliphatic rings. The Morgan fingerprint density at radius 3 is 1.16 bits per heavy atom. The van der Waals surface area contributed by atoms with E-state index in [1.807, 2.05) is 6.07 Å². The molecular weight excluding hydrogens is 833 g/mol. The van der Waals surface area contributed by atoms with Gasteiger partial charge in [-0.25, -0.2) is 0 Å². The van der Waals surface area contributed by atoms with E-state index >= 15 is 0 Å². The fraction of sp³-hybridized carbons (Fsp3) is 0. The van der Waals surface area contributed by atoms with Gasteiger partial charge in [0.15, 0.2) is 0 Å². The van der Waals surface area contributed by atoms with Crippen LogP contribution in [0.1, 0.15) is 0 Å². The van der Waals surface area contributed by atoms with E-state index in [9.17, 15) is 0 Å². The SMILES string of the molecule is c1ccc(-c2c3ccccc3c(-c3ccc(-c4ccc5ccc(-c6cccc(-c7c8ccccc8c(-c8cccc9oc%10ccccc%10c89)c8ccccc78)c6)cc5c4)cc3)c3ccccc23)cc1. The maximum atomic E-state index is 6.40. The Bertz CT molecular complexity index is 4230. The van der Waals surface area contributed by atoms with Crippen LogP contribution < -0.4 is 0 Å².